The molecule has 0 bridgehead atoms. The highest BCUT2D eigenvalue weighted by molar-refractivity contribution is 6.05. The van der Waals surface area contributed by atoms with Gasteiger partial charge in [-0.25, -0.2) is 0 Å². The lowest BCUT2D eigenvalue weighted by Crippen LogP contribution is -2.52. The Bertz CT molecular complexity index is 709. The van der Waals surface area contributed by atoms with E-state index < -0.39 is 6.04 Å². The quantitative estimate of drug-likeness (QED) is 0.858. The molecule has 0 aromatic heterocycles. The Kier molecular flexibility index (Phi) is 3.75. The SMILES string of the molecule is O=C1CCC(N2Cc3cc(OC4CCCC4)ccc3C2=O)C(=O)N1. The van der Waals surface area contributed by atoms with Crippen molar-refractivity contribution in [3.8, 4) is 5.75 Å². The molecule has 6 nitrogen and oxygen atoms in total. The molecule has 0 spiro atoms. The molecule has 1 unspecified atom stereocenters. The predicted molar refractivity (Wildman–Crippen MR) is 85.4 cm³/mol. The molecule has 4 rings (SSSR count). The average Bonchev–Trinajstić information content (AvgIpc) is 3.16. The maximum absolute atomic E-state index is 12.6. The number of carbonyl (C=O) groups is 3. The van der Waals surface area contributed by atoms with Gasteiger partial charge in [0.2, 0.25) is 11.8 Å². The van der Waals surface area contributed by atoms with Gasteiger partial charge in [0.1, 0.15) is 11.8 Å². The molecule has 24 heavy (non-hydrogen) atoms. The first-order chi connectivity index (χ1) is 11.6. The van der Waals surface area contributed by atoms with Gasteiger partial charge < -0.3 is 9.64 Å². The molecule has 1 atom stereocenters. The van der Waals surface area contributed by atoms with E-state index in [0.29, 0.717) is 18.5 Å². The number of hydrogen-bond donors (Lipinski definition) is 1. The summed E-state index contributed by atoms with van der Waals surface area (Å²) in [7, 11) is 0. The lowest BCUT2D eigenvalue weighted by atomic mass is 10.0. The van der Waals surface area contributed by atoms with Crippen molar-refractivity contribution in [1.29, 1.82) is 0 Å². The Morgan fingerprint density at radius 2 is 1.88 bits per heavy atom. The highest BCUT2D eigenvalue weighted by atomic mass is 16.5. The van der Waals surface area contributed by atoms with Crippen LogP contribution in [0.1, 0.15) is 54.4 Å². The van der Waals surface area contributed by atoms with Gasteiger partial charge in [0.25, 0.3) is 5.91 Å². The molecule has 2 fully saturated rings. The van der Waals surface area contributed by atoms with E-state index >= 15 is 0 Å². The first-order valence-electron chi connectivity index (χ1n) is 8.56. The number of rotatable bonds is 3. The van der Waals surface area contributed by atoms with Crippen molar-refractivity contribution in [3.05, 3.63) is 29.3 Å². The van der Waals surface area contributed by atoms with E-state index in [9.17, 15) is 14.4 Å². The normalized spacial score (nSPS) is 24.2. The first kappa shape index (κ1) is 15.2. The Labute approximate surface area is 140 Å². The maximum atomic E-state index is 12.6. The van der Waals surface area contributed by atoms with Crippen molar-refractivity contribution in [1.82, 2.24) is 10.2 Å². The van der Waals surface area contributed by atoms with Crippen LogP contribution in [0.5, 0.6) is 5.75 Å². The van der Waals surface area contributed by atoms with Crippen molar-refractivity contribution < 1.29 is 19.1 Å². The van der Waals surface area contributed by atoms with Gasteiger partial charge in [0, 0.05) is 18.5 Å². The monoisotopic (exact) mass is 328 g/mol. The minimum absolute atomic E-state index is 0.146. The minimum Gasteiger partial charge on any atom is -0.490 e. The summed E-state index contributed by atoms with van der Waals surface area (Å²) in [6, 6.07) is 4.97. The molecule has 1 aromatic carbocycles. The fourth-order valence-electron chi connectivity index (χ4n) is 3.82. The van der Waals surface area contributed by atoms with Gasteiger partial charge >= 0.3 is 0 Å². The summed E-state index contributed by atoms with van der Waals surface area (Å²) in [6.07, 6.45) is 5.50. The number of benzene rings is 1. The zero-order valence-electron chi connectivity index (χ0n) is 13.4. The van der Waals surface area contributed by atoms with Crippen LogP contribution >= 0.6 is 0 Å². The second-order valence-corrected chi connectivity index (χ2v) is 6.74. The van der Waals surface area contributed by atoms with Crippen LogP contribution in [0.3, 0.4) is 0 Å². The molecule has 2 aliphatic heterocycles. The van der Waals surface area contributed by atoms with Gasteiger partial charge in [-0.3, -0.25) is 19.7 Å². The smallest absolute Gasteiger partial charge is 0.255 e. The van der Waals surface area contributed by atoms with Gasteiger partial charge in [0.15, 0.2) is 0 Å². The molecule has 1 aliphatic carbocycles. The van der Waals surface area contributed by atoms with E-state index in [2.05, 4.69) is 5.32 Å². The molecule has 3 aliphatic rings. The van der Waals surface area contributed by atoms with E-state index in [1.807, 2.05) is 12.1 Å². The molecular formula is C18H20N2O4. The molecule has 0 radical (unpaired) electrons. The Morgan fingerprint density at radius 3 is 2.62 bits per heavy atom. The van der Waals surface area contributed by atoms with Crippen molar-refractivity contribution in [3.63, 3.8) is 0 Å². The lowest BCUT2D eigenvalue weighted by Gasteiger charge is -2.29. The van der Waals surface area contributed by atoms with Crippen molar-refractivity contribution >= 4 is 17.7 Å². The summed E-state index contributed by atoms with van der Waals surface area (Å²) in [5.74, 6) is -0.00650. The number of amides is 3. The van der Waals surface area contributed by atoms with E-state index in [1.54, 1.807) is 11.0 Å². The van der Waals surface area contributed by atoms with Crippen molar-refractivity contribution in [2.45, 2.75) is 57.2 Å². The highest BCUT2D eigenvalue weighted by Gasteiger charge is 2.39. The van der Waals surface area contributed by atoms with E-state index in [4.69, 9.17) is 4.74 Å². The number of piperidine rings is 1. The fraction of sp³-hybridized carbons (Fsp3) is 0.500. The summed E-state index contributed by atoms with van der Waals surface area (Å²) in [5.41, 5.74) is 1.51. The van der Waals surface area contributed by atoms with Crippen LogP contribution < -0.4 is 10.1 Å². The van der Waals surface area contributed by atoms with Gasteiger partial charge in [-0.15, -0.1) is 0 Å². The number of hydrogen-bond acceptors (Lipinski definition) is 4. The van der Waals surface area contributed by atoms with Crippen LogP contribution in [-0.4, -0.2) is 34.8 Å². The third-order valence-electron chi connectivity index (χ3n) is 5.10. The molecule has 1 N–H and O–H groups in total. The summed E-state index contributed by atoms with van der Waals surface area (Å²) < 4.78 is 6.00. The zero-order valence-corrected chi connectivity index (χ0v) is 13.4. The van der Waals surface area contributed by atoms with Crippen LogP contribution in [-0.2, 0) is 16.1 Å². The van der Waals surface area contributed by atoms with E-state index in [0.717, 1.165) is 24.2 Å². The second-order valence-electron chi connectivity index (χ2n) is 6.74. The predicted octanol–water partition coefficient (Wildman–Crippen LogP) is 1.77. The van der Waals surface area contributed by atoms with Crippen LogP contribution in [0.2, 0.25) is 0 Å². The lowest BCUT2D eigenvalue weighted by molar-refractivity contribution is -0.136. The Morgan fingerprint density at radius 1 is 1.08 bits per heavy atom. The maximum Gasteiger partial charge on any atom is 0.255 e. The van der Waals surface area contributed by atoms with Crippen LogP contribution in [0, 0.1) is 0 Å². The Balaban J connectivity index is 1.51. The molecule has 2 heterocycles. The van der Waals surface area contributed by atoms with Crippen molar-refractivity contribution in [2.24, 2.45) is 0 Å². The number of carbonyl (C=O) groups excluding carboxylic acids is 3. The number of fused-ring (bicyclic) bond motifs is 1. The molecule has 6 heteroatoms. The number of ether oxygens (including phenoxy) is 1. The summed E-state index contributed by atoms with van der Waals surface area (Å²) >= 11 is 0. The average molecular weight is 328 g/mol. The van der Waals surface area contributed by atoms with Crippen LogP contribution in [0.25, 0.3) is 0 Å². The van der Waals surface area contributed by atoms with Gasteiger partial charge in [0.05, 0.1) is 6.10 Å². The Hall–Kier alpha value is -2.37. The van der Waals surface area contributed by atoms with Crippen molar-refractivity contribution in [2.75, 3.05) is 0 Å². The molecule has 3 amide bonds. The zero-order chi connectivity index (χ0) is 16.7. The number of nitrogens with zero attached hydrogens (tertiary/aromatic N) is 1. The third-order valence-corrected chi connectivity index (χ3v) is 5.10. The molecule has 1 saturated carbocycles. The molecule has 1 aromatic rings. The second kappa shape index (κ2) is 5.92. The molecular weight excluding hydrogens is 308 g/mol. The number of imide groups is 1. The highest BCUT2D eigenvalue weighted by Crippen LogP contribution is 2.31. The minimum atomic E-state index is -0.568. The largest absolute Gasteiger partial charge is 0.490 e. The van der Waals surface area contributed by atoms with Gasteiger partial charge in [-0.2, -0.15) is 0 Å². The van der Waals surface area contributed by atoms with E-state index in [-0.39, 0.29) is 30.2 Å². The van der Waals surface area contributed by atoms with Crippen LogP contribution in [0.15, 0.2) is 18.2 Å². The fourth-order valence-corrected chi connectivity index (χ4v) is 3.82. The summed E-state index contributed by atoms with van der Waals surface area (Å²) in [4.78, 5) is 37.5. The summed E-state index contributed by atoms with van der Waals surface area (Å²) in [6.45, 7) is 0.391. The number of nitrogens with one attached hydrogen (secondary N) is 1. The van der Waals surface area contributed by atoms with Gasteiger partial charge in [-0.05, 0) is 55.9 Å². The molecule has 126 valence electrons. The van der Waals surface area contributed by atoms with Crippen LogP contribution in [0.4, 0.5) is 0 Å². The van der Waals surface area contributed by atoms with E-state index in [1.165, 1.54) is 12.8 Å². The topological polar surface area (TPSA) is 75.7 Å². The summed E-state index contributed by atoms with van der Waals surface area (Å²) in [5, 5.41) is 2.32. The third kappa shape index (κ3) is 2.66. The standard InChI is InChI=1S/C18H20N2O4/c21-16-8-7-15(17(22)19-16)20-10-11-9-13(5-6-14(11)18(20)23)24-12-3-1-2-4-12/h5-6,9,12,15H,1-4,7-8,10H2,(H,19,21,22). The van der Waals surface area contributed by atoms with Gasteiger partial charge in [-0.1, -0.05) is 0 Å². The molecule has 1 saturated heterocycles. The first-order valence-corrected chi connectivity index (χ1v) is 8.56.